The molecule has 154 valence electrons. The number of ether oxygens (including phenoxy) is 1. The highest BCUT2D eigenvalue weighted by Crippen LogP contribution is 2.27. The van der Waals surface area contributed by atoms with Gasteiger partial charge in [0.25, 0.3) is 5.91 Å². The summed E-state index contributed by atoms with van der Waals surface area (Å²) < 4.78 is 5.14. The fourth-order valence-electron chi connectivity index (χ4n) is 3.93. The molecule has 0 fully saturated rings. The summed E-state index contributed by atoms with van der Waals surface area (Å²) in [4.78, 5) is 23.7. The number of hydrogen-bond acceptors (Lipinski definition) is 5. The second-order valence-electron chi connectivity index (χ2n) is 7.60. The van der Waals surface area contributed by atoms with Crippen LogP contribution in [0.3, 0.4) is 0 Å². The fourth-order valence-corrected chi connectivity index (χ4v) is 3.93. The molecule has 0 atom stereocenters. The van der Waals surface area contributed by atoms with Crippen LogP contribution in [-0.4, -0.2) is 66.1 Å². The number of benzene rings is 1. The van der Waals surface area contributed by atoms with Crippen molar-refractivity contribution in [3.8, 4) is 17.7 Å². The van der Waals surface area contributed by atoms with Crippen LogP contribution in [0.1, 0.15) is 17.5 Å². The van der Waals surface area contributed by atoms with Crippen molar-refractivity contribution in [2.24, 2.45) is 0 Å². The summed E-state index contributed by atoms with van der Waals surface area (Å²) in [6.45, 7) is 3.43. The number of pyridine rings is 1. The first-order valence-electron chi connectivity index (χ1n) is 10.1. The van der Waals surface area contributed by atoms with Crippen LogP contribution in [0, 0.1) is 11.8 Å². The van der Waals surface area contributed by atoms with Gasteiger partial charge in [0.05, 0.1) is 25.9 Å². The van der Waals surface area contributed by atoms with Crippen molar-refractivity contribution in [3.05, 3.63) is 71.1 Å². The van der Waals surface area contributed by atoms with Gasteiger partial charge >= 0.3 is 0 Å². The molecule has 1 aromatic heterocycles. The van der Waals surface area contributed by atoms with Crippen LogP contribution in [0.4, 0.5) is 0 Å². The third kappa shape index (κ3) is 4.47. The standard InChI is InChI=1S/C24H26N4O2/c1-26-18-28(16-20-7-4-3-5-8-20)24(29)21-17-27(14-11-22(21)26)13-6-9-19-10-12-25-23(15-19)30-2/h3-5,7-8,10,12,15H,11,13-14,16-18H2,1-2H3. The van der Waals surface area contributed by atoms with Gasteiger partial charge in [0.2, 0.25) is 5.88 Å². The Morgan fingerprint density at radius 3 is 2.83 bits per heavy atom. The van der Waals surface area contributed by atoms with Crippen LogP contribution < -0.4 is 4.74 Å². The Balaban J connectivity index is 1.43. The van der Waals surface area contributed by atoms with Crippen molar-refractivity contribution in [2.75, 3.05) is 40.5 Å². The van der Waals surface area contributed by atoms with E-state index in [0.29, 0.717) is 32.2 Å². The maximum Gasteiger partial charge on any atom is 0.254 e. The first-order chi connectivity index (χ1) is 14.6. The predicted molar refractivity (Wildman–Crippen MR) is 115 cm³/mol. The molecule has 0 saturated carbocycles. The van der Waals surface area contributed by atoms with E-state index in [4.69, 9.17) is 4.74 Å². The number of rotatable bonds is 4. The van der Waals surface area contributed by atoms with Crippen molar-refractivity contribution in [2.45, 2.75) is 13.0 Å². The number of hydrogen-bond donors (Lipinski definition) is 0. The zero-order chi connectivity index (χ0) is 20.9. The predicted octanol–water partition coefficient (Wildman–Crippen LogP) is 2.33. The second-order valence-corrected chi connectivity index (χ2v) is 7.60. The van der Waals surface area contributed by atoms with Crippen LogP contribution in [0.15, 0.2) is 59.9 Å². The lowest BCUT2D eigenvalue weighted by molar-refractivity contribution is -0.131. The minimum Gasteiger partial charge on any atom is -0.481 e. The Morgan fingerprint density at radius 1 is 1.20 bits per heavy atom. The van der Waals surface area contributed by atoms with Gasteiger partial charge in [-0.2, -0.15) is 0 Å². The first kappa shape index (κ1) is 20.0. The topological polar surface area (TPSA) is 48.9 Å². The van der Waals surface area contributed by atoms with E-state index < -0.39 is 0 Å². The van der Waals surface area contributed by atoms with Crippen LogP contribution in [0.2, 0.25) is 0 Å². The van der Waals surface area contributed by atoms with Gasteiger partial charge in [-0.1, -0.05) is 42.2 Å². The molecule has 3 heterocycles. The van der Waals surface area contributed by atoms with Crippen LogP contribution in [-0.2, 0) is 11.3 Å². The quantitative estimate of drug-likeness (QED) is 0.735. The van der Waals surface area contributed by atoms with E-state index in [0.717, 1.165) is 29.7 Å². The maximum absolute atomic E-state index is 13.2. The molecule has 30 heavy (non-hydrogen) atoms. The van der Waals surface area contributed by atoms with Crippen molar-refractivity contribution in [1.82, 2.24) is 19.7 Å². The van der Waals surface area contributed by atoms with Crippen LogP contribution in [0.25, 0.3) is 0 Å². The summed E-state index contributed by atoms with van der Waals surface area (Å²) >= 11 is 0. The molecule has 0 N–H and O–H groups in total. The van der Waals surface area contributed by atoms with Crippen molar-refractivity contribution in [3.63, 3.8) is 0 Å². The minimum atomic E-state index is 0.142. The lowest BCUT2D eigenvalue weighted by Gasteiger charge is -2.42. The van der Waals surface area contributed by atoms with Crippen molar-refractivity contribution >= 4 is 5.91 Å². The van der Waals surface area contributed by atoms with Crippen LogP contribution >= 0.6 is 0 Å². The van der Waals surface area contributed by atoms with Gasteiger partial charge in [0.15, 0.2) is 0 Å². The molecular weight excluding hydrogens is 376 g/mol. The highest BCUT2D eigenvalue weighted by molar-refractivity contribution is 5.95. The van der Waals surface area contributed by atoms with E-state index in [-0.39, 0.29) is 5.91 Å². The molecule has 2 aromatic rings. The molecule has 0 bridgehead atoms. The van der Waals surface area contributed by atoms with Crippen LogP contribution in [0.5, 0.6) is 5.88 Å². The maximum atomic E-state index is 13.2. The Hall–Kier alpha value is -3.30. The van der Waals surface area contributed by atoms with Crippen molar-refractivity contribution < 1.29 is 9.53 Å². The van der Waals surface area contributed by atoms with E-state index in [1.165, 1.54) is 5.70 Å². The molecule has 6 nitrogen and oxygen atoms in total. The second kappa shape index (κ2) is 9.02. The largest absolute Gasteiger partial charge is 0.481 e. The van der Waals surface area contributed by atoms with Gasteiger partial charge in [-0.3, -0.25) is 9.69 Å². The lowest BCUT2D eigenvalue weighted by atomic mass is 10.0. The third-order valence-electron chi connectivity index (χ3n) is 5.48. The summed E-state index contributed by atoms with van der Waals surface area (Å²) in [7, 11) is 3.67. The molecule has 4 rings (SSSR count). The molecule has 1 amide bonds. The molecule has 1 aromatic carbocycles. The summed E-state index contributed by atoms with van der Waals surface area (Å²) in [5.74, 6) is 7.09. The van der Waals surface area contributed by atoms with Gasteiger partial charge in [-0.05, 0) is 11.6 Å². The minimum absolute atomic E-state index is 0.142. The van der Waals surface area contributed by atoms with E-state index in [1.54, 1.807) is 13.3 Å². The number of carbonyl (C=O) groups is 1. The number of methoxy groups -OCH3 is 1. The highest BCUT2D eigenvalue weighted by atomic mass is 16.5. The molecule has 6 heteroatoms. The molecule has 0 aliphatic carbocycles. The Morgan fingerprint density at radius 2 is 2.03 bits per heavy atom. The van der Waals surface area contributed by atoms with E-state index in [1.807, 2.05) is 35.2 Å². The van der Waals surface area contributed by atoms with Crippen molar-refractivity contribution in [1.29, 1.82) is 0 Å². The molecule has 0 saturated heterocycles. The summed E-state index contributed by atoms with van der Waals surface area (Å²) in [6, 6.07) is 13.8. The number of nitrogens with zero attached hydrogens (tertiary/aromatic N) is 4. The van der Waals surface area contributed by atoms with Gasteiger partial charge < -0.3 is 14.5 Å². The summed E-state index contributed by atoms with van der Waals surface area (Å²) in [5, 5.41) is 0. The number of carbonyl (C=O) groups excluding carboxylic acids is 1. The lowest BCUT2D eigenvalue weighted by Crippen LogP contribution is -2.50. The molecule has 0 unspecified atom stereocenters. The van der Waals surface area contributed by atoms with Gasteiger partial charge in [0.1, 0.15) is 0 Å². The Labute approximate surface area is 177 Å². The van der Waals surface area contributed by atoms with Gasteiger partial charge in [-0.15, -0.1) is 0 Å². The molecule has 2 aliphatic rings. The smallest absolute Gasteiger partial charge is 0.254 e. The summed E-state index contributed by atoms with van der Waals surface area (Å²) in [5.41, 5.74) is 4.10. The monoisotopic (exact) mass is 402 g/mol. The normalized spacial score (nSPS) is 16.8. The SMILES string of the molecule is COc1cc(C#CCN2CCC3=C(C2)C(=O)N(Cc2ccccc2)CN3C)ccn1. The molecule has 0 radical (unpaired) electrons. The number of amides is 1. The average Bonchev–Trinajstić information content (AvgIpc) is 2.78. The Bertz CT molecular complexity index is 1010. The Kier molecular flexibility index (Phi) is 6.01. The third-order valence-corrected chi connectivity index (χ3v) is 5.48. The summed E-state index contributed by atoms with van der Waals surface area (Å²) in [6.07, 6.45) is 2.57. The van der Waals surface area contributed by atoms with Gasteiger partial charge in [0, 0.05) is 56.6 Å². The number of aromatic nitrogens is 1. The van der Waals surface area contributed by atoms with E-state index in [2.05, 4.69) is 45.8 Å². The van der Waals surface area contributed by atoms with Gasteiger partial charge in [-0.25, -0.2) is 4.98 Å². The molecule has 0 spiro atoms. The zero-order valence-electron chi connectivity index (χ0n) is 17.5. The average molecular weight is 402 g/mol. The van der Waals surface area contributed by atoms with E-state index in [9.17, 15) is 4.79 Å². The first-order valence-corrected chi connectivity index (χ1v) is 10.1. The molecule has 2 aliphatic heterocycles. The highest BCUT2D eigenvalue weighted by Gasteiger charge is 2.33. The fraction of sp³-hybridized carbons (Fsp3) is 0.333. The van der Waals surface area contributed by atoms with E-state index >= 15 is 0 Å². The molecular formula is C24H26N4O2. The zero-order valence-corrected chi connectivity index (χ0v) is 17.5.